The zero-order chi connectivity index (χ0) is 24.5. The number of H-pyrrole nitrogens is 2. The third-order valence-electron chi connectivity index (χ3n) is 5.28. The number of aryl methyl sites for hydroxylation is 1. The fourth-order valence-corrected chi connectivity index (χ4v) is 3.66. The molecule has 0 bridgehead atoms. The summed E-state index contributed by atoms with van der Waals surface area (Å²) in [5, 5.41) is 12.6. The number of carbonyl (C=O) groups excluding carboxylic acids is 1. The van der Waals surface area contributed by atoms with Gasteiger partial charge in [-0.15, -0.1) is 0 Å². The third kappa shape index (κ3) is 4.14. The van der Waals surface area contributed by atoms with Gasteiger partial charge >= 0.3 is 0 Å². The number of nitrogens with zero attached hydrogens (tertiary/aromatic N) is 3. The molecule has 0 fully saturated rings. The highest BCUT2D eigenvalue weighted by Crippen LogP contribution is 2.34. The SMILES string of the molecule is CNC(=O)c1c(Nc2cc(-c3ccccc3)[nH]n2)ncnc1Oc1cc(F)c2[nH]c(C)cc2c1F. The molecule has 35 heavy (non-hydrogen) atoms. The summed E-state index contributed by atoms with van der Waals surface area (Å²) in [6.07, 6.45) is 1.14. The molecule has 0 atom stereocenters. The first kappa shape index (κ1) is 22.0. The number of fused-ring (bicyclic) bond motifs is 1. The Hall–Kier alpha value is -4.80. The van der Waals surface area contributed by atoms with Crippen LogP contribution in [-0.4, -0.2) is 38.1 Å². The number of halogens is 2. The number of amides is 1. The summed E-state index contributed by atoms with van der Waals surface area (Å²) in [6, 6.07) is 13.6. The van der Waals surface area contributed by atoms with Crippen molar-refractivity contribution in [3.05, 3.63) is 77.8 Å². The van der Waals surface area contributed by atoms with Gasteiger partial charge in [-0.2, -0.15) is 5.10 Å². The summed E-state index contributed by atoms with van der Waals surface area (Å²) in [5.41, 5.74) is 2.16. The first-order valence-corrected chi connectivity index (χ1v) is 10.5. The highest BCUT2D eigenvalue weighted by molar-refractivity contribution is 6.01. The van der Waals surface area contributed by atoms with Gasteiger partial charge in [0.1, 0.15) is 11.9 Å². The van der Waals surface area contributed by atoms with Crippen molar-refractivity contribution < 1.29 is 18.3 Å². The van der Waals surface area contributed by atoms with E-state index in [0.29, 0.717) is 11.5 Å². The highest BCUT2D eigenvalue weighted by atomic mass is 19.1. The van der Waals surface area contributed by atoms with Crippen molar-refractivity contribution in [3.8, 4) is 22.9 Å². The first-order chi connectivity index (χ1) is 16.9. The molecule has 11 heteroatoms. The van der Waals surface area contributed by atoms with E-state index in [9.17, 15) is 9.18 Å². The van der Waals surface area contributed by atoms with Crippen LogP contribution in [0.1, 0.15) is 16.1 Å². The molecule has 0 aliphatic rings. The van der Waals surface area contributed by atoms with Crippen LogP contribution >= 0.6 is 0 Å². The minimum Gasteiger partial charge on any atom is -0.435 e. The lowest BCUT2D eigenvalue weighted by Crippen LogP contribution is -2.21. The monoisotopic (exact) mass is 475 g/mol. The second-order valence-electron chi connectivity index (χ2n) is 7.65. The number of aromatic nitrogens is 5. The van der Waals surface area contributed by atoms with Crippen molar-refractivity contribution in [1.29, 1.82) is 0 Å². The van der Waals surface area contributed by atoms with Crippen molar-refractivity contribution in [2.24, 2.45) is 0 Å². The lowest BCUT2D eigenvalue weighted by atomic mass is 10.1. The molecule has 0 aliphatic carbocycles. The normalized spacial score (nSPS) is 11.0. The molecule has 0 aliphatic heterocycles. The second kappa shape index (κ2) is 8.86. The second-order valence-corrected chi connectivity index (χ2v) is 7.65. The van der Waals surface area contributed by atoms with E-state index in [1.54, 1.807) is 13.0 Å². The van der Waals surface area contributed by atoms with E-state index in [2.05, 4.69) is 35.8 Å². The van der Waals surface area contributed by atoms with Crippen LogP contribution in [0.25, 0.3) is 22.2 Å². The summed E-state index contributed by atoms with van der Waals surface area (Å²) in [5.74, 6) is -2.33. The molecule has 5 aromatic rings. The van der Waals surface area contributed by atoms with Gasteiger partial charge in [0, 0.05) is 30.3 Å². The van der Waals surface area contributed by atoms with Crippen molar-refractivity contribution in [2.45, 2.75) is 6.92 Å². The van der Waals surface area contributed by atoms with Gasteiger partial charge in [0.2, 0.25) is 5.88 Å². The summed E-state index contributed by atoms with van der Waals surface area (Å²) in [6.45, 7) is 1.68. The van der Waals surface area contributed by atoms with Crippen LogP contribution in [0.3, 0.4) is 0 Å². The zero-order valence-corrected chi connectivity index (χ0v) is 18.6. The molecule has 2 aromatic carbocycles. The summed E-state index contributed by atoms with van der Waals surface area (Å²) in [7, 11) is 1.42. The average molecular weight is 475 g/mol. The van der Waals surface area contributed by atoms with Gasteiger partial charge in [-0.1, -0.05) is 30.3 Å². The molecule has 0 saturated heterocycles. The van der Waals surface area contributed by atoms with E-state index < -0.39 is 23.3 Å². The predicted octanol–water partition coefficient (Wildman–Crippen LogP) is 4.83. The fraction of sp³-hybridized carbons (Fsp3) is 0.0833. The number of ether oxygens (including phenoxy) is 1. The van der Waals surface area contributed by atoms with E-state index in [1.807, 2.05) is 30.3 Å². The number of nitrogens with one attached hydrogen (secondary N) is 4. The fourth-order valence-electron chi connectivity index (χ4n) is 3.66. The molecule has 0 unspecified atom stereocenters. The lowest BCUT2D eigenvalue weighted by molar-refractivity contribution is 0.0960. The van der Waals surface area contributed by atoms with Gasteiger partial charge in [0.05, 0.1) is 11.2 Å². The quantitative estimate of drug-likeness (QED) is 0.279. The van der Waals surface area contributed by atoms with Gasteiger partial charge in [-0.05, 0) is 18.6 Å². The third-order valence-corrected chi connectivity index (χ3v) is 5.28. The molecule has 4 N–H and O–H groups in total. The number of carbonyl (C=O) groups is 1. The standard InChI is InChI=1S/C24H19F2N7O2/c1-12-8-14-20(26)17(9-15(25)21(14)30-12)35-24-19(23(34)27-2)22(28-11-29-24)31-18-10-16(32-33-18)13-6-4-3-5-7-13/h3-11,30H,1-2H3,(H,27,34)(H2,28,29,31,32,33). The van der Waals surface area contributed by atoms with Crippen LogP contribution in [0.15, 0.2) is 54.9 Å². The molecule has 0 saturated carbocycles. The van der Waals surface area contributed by atoms with Crippen molar-refractivity contribution in [2.75, 3.05) is 12.4 Å². The molecule has 3 heterocycles. The van der Waals surface area contributed by atoms with Gasteiger partial charge in [0.15, 0.2) is 29.0 Å². The van der Waals surface area contributed by atoms with Gasteiger partial charge in [-0.3, -0.25) is 9.89 Å². The van der Waals surface area contributed by atoms with E-state index in [-0.39, 0.29) is 28.2 Å². The van der Waals surface area contributed by atoms with Gasteiger partial charge < -0.3 is 20.4 Å². The van der Waals surface area contributed by atoms with Gasteiger partial charge in [-0.25, -0.2) is 18.7 Å². The Labute approximate surface area is 197 Å². The summed E-state index contributed by atoms with van der Waals surface area (Å²) < 4.78 is 35.3. The molecule has 0 spiro atoms. The Morgan fingerprint density at radius 1 is 1.09 bits per heavy atom. The van der Waals surface area contributed by atoms with Crippen LogP contribution in [-0.2, 0) is 0 Å². The van der Waals surface area contributed by atoms with Crippen molar-refractivity contribution in [3.63, 3.8) is 0 Å². The van der Waals surface area contributed by atoms with Crippen LogP contribution < -0.4 is 15.4 Å². The maximum absolute atomic E-state index is 15.1. The van der Waals surface area contributed by atoms with Crippen molar-refractivity contribution >= 4 is 28.4 Å². The summed E-state index contributed by atoms with van der Waals surface area (Å²) >= 11 is 0. The van der Waals surface area contributed by atoms with E-state index >= 15 is 4.39 Å². The molecular formula is C24H19F2N7O2. The molecule has 5 rings (SSSR count). The number of rotatable bonds is 6. The topological polar surface area (TPSA) is 121 Å². The molecule has 0 radical (unpaired) electrons. The summed E-state index contributed by atoms with van der Waals surface area (Å²) in [4.78, 5) is 23.6. The van der Waals surface area contributed by atoms with E-state index in [0.717, 1.165) is 23.7 Å². The Morgan fingerprint density at radius 2 is 1.89 bits per heavy atom. The maximum Gasteiger partial charge on any atom is 0.260 e. The van der Waals surface area contributed by atoms with E-state index in [4.69, 9.17) is 4.74 Å². The highest BCUT2D eigenvalue weighted by Gasteiger charge is 2.24. The van der Waals surface area contributed by atoms with Crippen LogP contribution in [0, 0.1) is 18.6 Å². The molecule has 3 aromatic heterocycles. The smallest absolute Gasteiger partial charge is 0.260 e. The molecular weight excluding hydrogens is 456 g/mol. The van der Waals surface area contributed by atoms with Gasteiger partial charge in [0.25, 0.3) is 5.91 Å². The Morgan fingerprint density at radius 3 is 2.66 bits per heavy atom. The largest absolute Gasteiger partial charge is 0.435 e. The minimum absolute atomic E-state index is 0.0244. The number of aromatic amines is 2. The minimum atomic E-state index is -0.790. The van der Waals surface area contributed by atoms with Crippen molar-refractivity contribution in [1.82, 2.24) is 30.5 Å². The number of hydrogen-bond donors (Lipinski definition) is 4. The van der Waals surface area contributed by atoms with Crippen LogP contribution in [0.4, 0.5) is 20.4 Å². The number of benzene rings is 2. The molecule has 1 amide bonds. The first-order valence-electron chi connectivity index (χ1n) is 10.5. The van der Waals surface area contributed by atoms with Crippen LogP contribution in [0.2, 0.25) is 0 Å². The number of hydrogen-bond acceptors (Lipinski definition) is 6. The molecule has 9 nitrogen and oxygen atoms in total. The maximum atomic E-state index is 15.1. The Balaban J connectivity index is 1.52. The number of anilines is 2. The lowest BCUT2D eigenvalue weighted by Gasteiger charge is -2.13. The zero-order valence-electron chi connectivity index (χ0n) is 18.6. The van der Waals surface area contributed by atoms with E-state index in [1.165, 1.54) is 13.1 Å². The van der Waals surface area contributed by atoms with Crippen LogP contribution in [0.5, 0.6) is 11.6 Å². The Bertz CT molecular complexity index is 1550. The molecule has 176 valence electrons. The predicted molar refractivity (Wildman–Crippen MR) is 126 cm³/mol. The Kier molecular flexibility index (Phi) is 5.57. The average Bonchev–Trinajstić information content (AvgIpc) is 3.50.